The first-order chi connectivity index (χ1) is 8.92. The molecule has 3 atom stereocenters. The lowest BCUT2D eigenvalue weighted by Gasteiger charge is -2.21. The SMILES string of the molecule is COCCC(C)NS(=O)(=O)C1CCCC1C(=O)OC. The third-order valence-electron chi connectivity index (χ3n) is 3.48. The van der Waals surface area contributed by atoms with Crippen molar-refractivity contribution in [3.05, 3.63) is 0 Å². The average molecular weight is 293 g/mol. The predicted molar refractivity (Wildman–Crippen MR) is 71.2 cm³/mol. The number of carbonyl (C=O) groups is 1. The zero-order valence-electron chi connectivity index (χ0n) is 11.7. The second-order valence-electron chi connectivity index (χ2n) is 4.94. The van der Waals surface area contributed by atoms with Crippen molar-refractivity contribution < 1.29 is 22.7 Å². The highest BCUT2D eigenvalue weighted by atomic mass is 32.2. The van der Waals surface area contributed by atoms with Crippen LogP contribution in [0.25, 0.3) is 0 Å². The fraction of sp³-hybridized carbons (Fsp3) is 0.917. The standard InChI is InChI=1S/C12H23NO5S/c1-9(7-8-17-2)13-19(15,16)11-6-4-5-10(11)12(14)18-3/h9-11,13H,4-8H2,1-3H3. The van der Waals surface area contributed by atoms with Gasteiger partial charge in [0.2, 0.25) is 10.0 Å². The van der Waals surface area contributed by atoms with Gasteiger partial charge in [-0.05, 0) is 26.2 Å². The topological polar surface area (TPSA) is 81.7 Å². The van der Waals surface area contributed by atoms with Crippen LogP contribution in [0.5, 0.6) is 0 Å². The molecule has 1 aliphatic carbocycles. The first-order valence-electron chi connectivity index (χ1n) is 6.50. The number of methoxy groups -OCH3 is 2. The van der Waals surface area contributed by atoms with Gasteiger partial charge in [-0.3, -0.25) is 4.79 Å². The number of hydrogen-bond acceptors (Lipinski definition) is 5. The van der Waals surface area contributed by atoms with Crippen LogP contribution in [0.1, 0.15) is 32.6 Å². The van der Waals surface area contributed by atoms with Crippen LogP contribution in [0, 0.1) is 5.92 Å². The van der Waals surface area contributed by atoms with E-state index in [2.05, 4.69) is 9.46 Å². The molecule has 7 heteroatoms. The molecule has 3 unspecified atom stereocenters. The van der Waals surface area contributed by atoms with E-state index in [1.54, 1.807) is 14.0 Å². The Kier molecular flexibility index (Phi) is 6.22. The molecule has 0 amide bonds. The monoisotopic (exact) mass is 293 g/mol. The van der Waals surface area contributed by atoms with Crippen LogP contribution in [-0.4, -0.2) is 46.5 Å². The van der Waals surface area contributed by atoms with Gasteiger partial charge in [0.25, 0.3) is 0 Å². The number of carbonyl (C=O) groups excluding carboxylic acids is 1. The summed E-state index contributed by atoms with van der Waals surface area (Å²) in [5.74, 6) is -0.977. The molecular weight excluding hydrogens is 270 g/mol. The number of hydrogen-bond donors (Lipinski definition) is 1. The van der Waals surface area contributed by atoms with E-state index < -0.39 is 27.2 Å². The molecule has 1 fully saturated rings. The van der Waals surface area contributed by atoms with Gasteiger partial charge < -0.3 is 9.47 Å². The van der Waals surface area contributed by atoms with Gasteiger partial charge in [-0.15, -0.1) is 0 Å². The summed E-state index contributed by atoms with van der Waals surface area (Å²) in [6.45, 7) is 2.29. The van der Waals surface area contributed by atoms with Crippen LogP contribution in [0.3, 0.4) is 0 Å². The first-order valence-corrected chi connectivity index (χ1v) is 8.05. The lowest BCUT2D eigenvalue weighted by molar-refractivity contribution is -0.145. The zero-order chi connectivity index (χ0) is 14.5. The van der Waals surface area contributed by atoms with Crippen molar-refractivity contribution in [1.82, 2.24) is 4.72 Å². The molecule has 112 valence electrons. The van der Waals surface area contributed by atoms with E-state index in [0.29, 0.717) is 25.9 Å². The Balaban J connectivity index is 2.68. The molecule has 0 aromatic rings. The quantitative estimate of drug-likeness (QED) is 0.698. The molecule has 19 heavy (non-hydrogen) atoms. The molecule has 1 aliphatic rings. The Morgan fingerprint density at radius 2 is 2.05 bits per heavy atom. The minimum atomic E-state index is -3.50. The minimum Gasteiger partial charge on any atom is -0.469 e. The molecule has 0 heterocycles. The van der Waals surface area contributed by atoms with Crippen LogP contribution in [0.2, 0.25) is 0 Å². The van der Waals surface area contributed by atoms with Crippen LogP contribution in [-0.2, 0) is 24.3 Å². The van der Waals surface area contributed by atoms with Crippen LogP contribution in [0.15, 0.2) is 0 Å². The maximum Gasteiger partial charge on any atom is 0.310 e. The van der Waals surface area contributed by atoms with E-state index in [4.69, 9.17) is 4.74 Å². The van der Waals surface area contributed by atoms with Crippen molar-refractivity contribution in [2.24, 2.45) is 5.92 Å². The lowest BCUT2D eigenvalue weighted by atomic mass is 10.1. The highest BCUT2D eigenvalue weighted by Gasteiger charge is 2.42. The number of ether oxygens (including phenoxy) is 2. The summed E-state index contributed by atoms with van der Waals surface area (Å²) >= 11 is 0. The second kappa shape index (κ2) is 7.21. The fourth-order valence-corrected chi connectivity index (χ4v) is 4.45. The van der Waals surface area contributed by atoms with E-state index in [1.165, 1.54) is 7.11 Å². The van der Waals surface area contributed by atoms with Crippen molar-refractivity contribution in [3.8, 4) is 0 Å². The Labute approximate surface area is 114 Å². The normalized spacial score (nSPS) is 25.2. The summed E-state index contributed by atoms with van der Waals surface area (Å²) in [5.41, 5.74) is 0. The van der Waals surface area contributed by atoms with Crippen LogP contribution < -0.4 is 4.72 Å². The number of nitrogens with one attached hydrogen (secondary N) is 1. The maximum atomic E-state index is 12.3. The van der Waals surface area contributed by atoms with Crippen molar-refractivity contribution in [2.45, 2.75) is 43.9 Å². The van der Waals surface area contributed by atoms with Crippen LogP contribution in [0.4, 0.5) is 0 Å². The van der Waals surface area contributed by atoms with Crippen LogP contribution >= 0.6 is 0 Å². The predicted octanol–water partition coefficient (Wildman–Crippen LogP) is 0.673. The Morgan fingerprint density at radius 3 is 2.63 bits per heavy atom. The molecule has 0 aromatic carbocycles. The molecule has 0 aromatic heterocycles. The van der Waals surface area contributed by atoms with Crippen molar-refractivity contribution in [2.75, 3.05) is 20.8 Å². The number of rotatable bonds is 7. The molecule has 6 nitrogen and oxygen atoms in total. The summed E-state index contributed by atoms with van der Waals surface area (Å²) < 4.78 is 36.8. The smallest absolute Gasteiger partial charge is 0.310 e. The zero-order valence-corrected chi connectivity index (χ0v) is 12.5. The van der Waals surface area contributed by atoms with Crippen molar-refractivity contribution >= 4 is 16.0 Å². The highest BCUT2D eigenvalue weighted by Crippen LogP contribution is 2.31. The summed E-state index contributed by atoms with van der Waals surface area (Å²) in [4.78, 5) is 11.6. The van der Waals surface area contributed by atoms with E-state index in [0.717, 1.165) is 6.42 Å². The van der Waals surface area contributed by atoms with E-state index in [9.17, 15) is 13.2 Å². The largest absolute Gasteiger partial charge is 0.469 e. The third-order valence-corrected chi connectivity index (χ3v) is 5.57. The highest BCUT2D eigenvalue weighted by molar-refractivity contribution is 7.90. The van der Waals surface area contributed by atoms with Gasteiger partial charge in [0.15, 0.2) is 0 Å². The molecule has 1 saturated carbocycles. The third kappa shape index (κ3) is 4.43. The molecular formula is C12H23NO5S. The minimum absolute atomic E-state index is 0.205. The summed E-state index contributed by atoms with van der Waals surface area (Å²) in [5, 5.41) is -0.676. The Hall–Kier alpha value is -0.660. The van der Waals surface area contributed by atoms with Gasteiger partial charge in [-0.25, -0.2) is 13.1 Å². The number of esters is 1. The maximum absolute atomic E-state index is 12.3. The van der Waals surface area contributed by atoms with Crippen molar-refractivity contribution in [1.29, 1.82) is 0 Å². The van der Waals surface area contributed by atoms with Crippen molar-refractivity contribution in [3.63, 3.8) is 0 Å². The number of sulfonamides is 1. The van der Waals surface area contributed by atoms with Gasteiger partial charge in [0, 0.05) is 19.8 Å². The summed E-state index contributed by atoms with van der Waals surface area (Å²) in [7, 11) is -0.635. The molecule has 1 rings (SSSR count). The molecule has 0 radical (unpaired) electrons. The van der Waals surface area contributed by atoms with Gasteiger partial charge >= 0.3 is 5.97 Å². The summed E-state index contributed by atoms with van der Waals surface area (Å²) in [6.07, 6.45) is 2.42. The summed E-state index contributed by atoms with van der Waals surface area (Å²) in [6, 6.07) is -0.205. The fourth-order valence-electron chi connectivity index (χ4n) is 2.44. The molecule has 1 N–H and O–H groups in total. The molecule has 0 spiro atoms. The van der Waals surface area contributed by atoms with E-state index in [1.807, 2.05) is 0 Å². The van der Waals surface area contributed by atoms with E-state index in [-0.39, 0.29) is 6.04 Å². The average Bonchev–Trinajstić information content (AvgIpc) is 2.84. The second-order valence-corrected chi connectivity index (χ2v) is 6.88. The molecule has 0 aliphatic heterocycles. The van der Waals surface area contributed by atoms with Gasteiger partial charge in [-0.2, -0.15) is 0 Å². The van der Waals surface area contributed by atoms with Gasteiger partial charge in [-0.1, -0.05) is 6.42 Å². The van der Waals surface area contributed by atoms with Gasteiger partial charge in [0.05, 0.1) is 18.3 Å². The van der Waals surface area contributed by atoms with E-state index >= 15 is 0 Å². The Bertz CT molecular complexity index is 395. The van der Waals surface area contributed by atoms with Gasteiger partial charge in [0.1, 0.15) is 0 Å². The first kappa shape index (κ1) is 16.4. The molecule has 0 bridgehead atoms. The molecule has 0 saturated heterocycles. The lowest BCUT2D eigenvalue weighted by Crippen LogP contribution is -2.43. The Morgan fingerprint density at radius 1 is 1.37 bits per heavy atom.